The van der Waals surface area contributed by atoms with Crippen LogP contribution < -0.4 is 20.3 Å². The predicted molar refractivity (Wildman–Crippen MR) is 102 cm³/mol. The molecule has 1 aromatic carbocycles. The molecule has 0 spiro atoms. The standard InChI is InChI=1S/C19H26N6O2/c1-27-18-5-3-2-4-17(18)24-11-8-14(12-24)21-19(26)16-13-25(23-22-16)15-6-9-20-10-7-15/h2-5,13-15,20H,6-12H2,1H3,(H,21,26). The highest BCUT2D eigenvalue weighted by Gasteiger charge is 2.27. The highest BCUT2D eigenvalue weighted by atomic mass is 16.5. The third-order valence-electron chi connectivity index (χ3n) is 5.38. The molecule has 2 N–H and O–H groups in total. The topological polar surface area (TPSA) is 84.3 Å². The number of piperidine rings is 1. The summed E-state index contributed by atoms with van der Waals surface area (Å²) in [5.74, 6) is 0.705. The Bertz CT molecular complexity index is 786. The Labute approximate surface area is 158 Å². The van der Waals surface area contributed by atoms with E-state index in [9.17, 15) is 4.79 Å². The molecule has 0 radical (unpaired) electrons. The minimum Gasteiger partial charge on any atom is -0.495 e. The number of hydrogen-bond acceptors (Lipinski definition) is 6. The Morgan fingerprint density at radius 3 is 2.89 bits per heavy atom. The molecule has 3 heterocycles. The second-order valence-corrected chi connectivity index (χ2v) is 7.14. The van der Waals surface area contributed by atoms with Crippen molar-refractivity contribution < 1.29 is 9.53 Å². The second kappa shape index (κ2) is 7.96. The van der Waals surface area contributed by atoms with Gasteiger partial charge in [-0.25, -0.2) is 4.68 Å². The van der Waals surface area contributed by atoms with E-state index in [0.717, 1.165) is 56.9 Å². The fraction of sp³-hybridized carbons (Fsp3) is 0.526. The van der Waals surface area contributed by atoms with E-state index in [4.69, 9.17) is 4.74 Å². The first-order chi connectivity index (χ1) is 13.2. The second-order valence-electron chi connectivity index (χ2n) is 7.14. The van der Waals surface area contributed by atoms with Crippen LogP contribution in [0.1, 0.15) is 35.8 Å². The van der Waals surface area contributed by atoms with Crippen LogP contribution in [0.25, 0.3) is 0 Å². The van der Waals surface area contributed by atoms with E-state index in [1.807, 2.05) is 28.9 Å². The summed E-state index contributed by atoms with van der Waals surface area (Å²) in [6.07, 6.45) is 4.70. The maximum Gasteiger partial charge on any atom is 0.273 e. The molecule has 1 unspecified atom stereocenters. The zero-order valence-electron chi connectivity index (χ0n) is 15.6. The van der Waals surface area contributed by atoms with Crippen molar-refractivity contribution in [1.82, 2.24) is 25.6 Å². The Hall–Kier alpha value is -2.61. The van der Waals surface area contributed by atoms with E-state index in [1.54, 1.807) is 13.3 Å². The third-order valence-corrected chi connectivity index (χ3v) is 5.38. The average molecular weight is 370 g/mol. The lowest BCUT2D eigenvalue weighted by Crippen LogP contribution is -2.37. The first-order valence-corrected chi connectivity index (χ1v) is 9.56. The van der Waals surface area contributed by atoms with Crippen LogP contribution in [0.15, 0.2) is 30.5 Å². The minimum absolute atomic E-state index is 0.0893. The van der Waals surface area contributed by atoms with E-state index in [2.05, 4.69) is 25.8 Å². The van der Waals surface area contributed by atoms with E-state index in [-0.39, 0.29) is 11.9 Å². The highest BCUT2D eigenvalue weighted by Crippen LogP contribution is 2.30. The van der Waals surface area contributed by atoms with E-state index in [1.165, 1.54) is 0 Å². The van der Waals surface area contributed by atoms with Crippen LogP contribution in [-0.2, 0) is 0 Å². The number of nitrogens with one attached hydrogen (secondary N) is 2. The van der Waals surface area contributed by atoms with Gasteiger partial charge < -0.3 is 20.3 Å². The number of ether oxygens (including phenoxy) is 1. The summed E-state index contributed by atoms with van der Waals surface area (Å²) in [4.78, 5) is 14.8. The summed E-state index contributed by atoms with van der Waals surface area (Å²) < 4.78 is 7.29. The lowest BCUT2D eigenvalue weighted by Gasteiger charge is -2.22. The zero-order valence-corrected chi connectivity index (χ0v) is 15.6. The molecule has 1 atom stereocenters. The van der Waals surface area contributed by atoms with E-state index < -0.39 is 0 Å². The summed E-state index contributed by atoms with van der Waals surface area (Å²) in [5, 5.41) is 14.7. The van der Waals surface area contributed by atoms with Gasteiger partial charge in [-0.15, -0.1) is 5.10 Å². The Morgan fingerprint density at radius 2 is 2.07 bits per heavy atom. The molecule has 8 nitrogen and oxygen atoms in total. The van der Waals surface area contributed by atoms with Gasteiger partial charge in [0.25, 0.3) is 5.91 Å². The van der Waals surface area contributed by atoms with Crippen LogP contribution in [0.5, 0.6) is 5.75 Å². The fourth-order valence-corrected chi connectivity index (χ4v) is 3.88. The Morgan fingerprint density at radius 1 is 1.26 bits per heavy atom. The van der Waals surface area contributed by atoms with Gasteiger partial charge in [-0.3, -0.25) is 4.79 Å². The van der Waals surface area contributed by atoms with Crippen LogP contribution >= 0.6 is 0 Å². The highest BCUT2D eigenvalue weighted by molar-refractivity contribution is 5.92. The molecule has 1 aromatic heterocycles. The number of hydrogen-bond donors (Lipinski definition) is 2. The SMILES string of the molecule is COc1ccccc1N1CCC(NC(=O)c2cn(C3CCNCC3)nn2)C1. The van der Waals surface area contributed by atoms with Gasteiger partial charge in [0.2, 0.25) is 0 Å². The first kappa shape index (κ1) is 17.8. The minimum atomic E-state index is -0.151. The number of amides is 1. The van der Waals surface area contributed by atoms with Crippen molar-refractivity contribution in [3.63, 3.8) is 0 Å². The third kappa shape index (κ3) is 3.90. The molecule has 0 aliphatic carbocycles. The van der Waals surface area contributed by atoms with Gasteiger partial charge >= 0.3 is 0 Å². The number of benzene rings is 1. The maximum absolute atomic E-state index is 12.6. The number of carbonyl (C=O) groups is 1. The van der Waals surface area contributed by atoms with Crippen molar-refractivity contribution in [1.29, 1.82) is 0 Å². The van der Waals surface area contributed by atoms with E-state index in [0.29, 0.717) is 11.7 Å². The number of anilines is 1. The largest absolute Gasteiger partial charge is 0.495 e. The van der Waals surface area contributed by atoms with Crippen LogP contribution in [0, 0.1) is 0 Å². The van der Waals surface area contributed by atoms with Gasteiger partial charge in [0.15, 0.2) is 5.69 Å². The molecule has 27 heavy (non-hydrogen) atoms. The number of para-hydroxylation sites is 2. The molecule has 0 saturated carbocycles. The van der Waals surface area contributed by atoms with Crippen molar-refractivity contribution in [2.24, 2.45) is 0 Å². The van der Waals surface area contributed by atoms with Gasteiger partial charge in [-0.1, -0.05) is 17.3 Å². The number of rotatable bonds is 5. The average Bonchev–Trinajstić information content (AvgIpc) is 3.38. The van der Waals surface area contributed by atoms with Crippen LogP contribution in [-0.4, -0.2) is 60.2 Å². The summed E-state index contributed by atoms with van der Waals surface area (Å²) in [7, 11) is 1.68. The molecule has 2 aromatic rings. The molecule has 1 amide bonds. The molecular weight excluding hydrogens is 344 g/mol. The van der Waals surface area contributed by atoms with Gasteiger partial charge in [0.1, 0.15) is 5.75 Å². The van der Waals surface area contributed by atoms with Gasteiger partial charge in [-0.05, 0) is 44.5 Å². The molecule has 8 heteroatoms. The van der Waals surface area contributed by atoms with Gasteiger partial charge in [0, 0.05) is 19.1 Å². The van der Waals surface area contributed by atoms with Crippen molar-refractivity contribution in [3.05, 3.63) is 36.2 Å². The molecular formula is C19H26N6O2. The summed E-state index contributed by atoms with van der Waals surface area (Å²) in [6.45, 7) is 3.60. The van der Waals surface area contributed by atoms with Crippen molar-refractivity contribution in [2.75, 3.05) is 38.2 Å². The summed E-state index contributed by atoms with van der Waals surface area (Å²) in [6, 6.07) is 8.39. The first-order valence-electron chi connectivity index (χ1n) is 9.56. The number of methoxy groups -OCH3 is 1. The Balaban J connectivity index is 1.36. The monoisotopic (exact) mass is 370 g/mol. The van der Waals surface area contributed by atoms with Crippen molar-refractivity contribution in [3.8, 4) is 5.75 Å². The number of aromatic nitrogens is 3. The molecule has 4 rings (SSSR count). The van der Waals surface area contributed by atoms with Crippen molar-refractivity contribution >= 4 is 11.6 Å². The zero-order chi connectivity index (χ0) is 18.6. The number of nitrogens with zero attached hydrogens (tertiary/aromatic N) is 4. The summed E-state index contributed by atoms with van der Waals surface area (Å²) in [5.41, 5.74) is 1.46. The molecule has 2 fully saturated rings. The molecule has 0 bridgehead atoms. The predicted octanol–water partition coefficient (Wildman–Crippen LogP) is 1.22. The normalized spacial score (nSPS) is 20.6. The van der Waals surface area contributed by atoms with Crippen molar-refractivity contribution in [2.45, 2.75) is 31.3 Å². The fourth-order valence-electron chi connectivity index (χ4n) is 3.88. The molecule has 2 aliphatic rings. The van der Waals surface area contributed by atoms with Crippen LogP contribution in [0.2, 0.25) is 0 Å². The Kier molecular flexibility index (Phi) is 5.24. The molecule has 2 aliphatic heterocycles. The van der Waals surface area contributed by atoms with Gasteiger partial charge in [-0.2, -0.15) is 0 Å². The van der Waals surface area contributed by atoms with Crippen LogP contribution in [0.3, 0.4) is 0 Å². The lowest BCUT2D eigenvalue weighted by atomic mass is 10.1. The lowest BCUT2D eigenvalue weighted by molar-refractivity contribution is 0.0935. The van der Waals surface area contributed by atoms with E-state index >= 15 is 0 Å². The maximum atomic E-state index is 12.6. The van der Waals surface area contributed by atoms with Gasteiger partial charge in [0.05, 0.1) is 25.0 Å². The molecule has 144 valence electrons. The molecule has 2 saturated heterocycles. The summed E-state index contributed by atoms with van der Waals surface area (Å²) >= 11 is 0. The van der Waals surface area contributed by atoms with Crippen LogP contribution in [0.4, 0.5) is 5.69 Å². The quantitative estimate of drug-likeness (QED) is 0.823. The smallest absolute Gasteiger partial charge is 0.273 e. The number of carbonyl (C=O) groups excluding carboxylic acids is 1.